The third kappa shape index (κ3) is 4.79. The van der Waals surface area contributed by atoms with Crippen molar-refractivity contribution >= 4 is 5.91 Å². The monoisotopic (exact) mass is 332 g/mol. The minimum atomic E-state index is -1.36. The predicted octanol–water partition coefficient (Wildman–Crippen LogP) is 1.35. The Hall–Kier alpha value is -1.43. The number of nitrogens with one attached hydrogen (secondary N) is 1. The molecule has 2 aliphatic rings. The van der Waals surface area contributed by atoms with E-state index in [1.54, 1.807) is 6.92 Å². The van der Waals surface area contributed by atoms with Gasteiger partial charge in [-0.15, -0.1) is 0 Å². The third-order valence-electron chi connectivity index (χ3n) is 4.96. The second-order valence-corrected chi connectivity index (χ2v) is 7.19. The molecule has 2 fully saturated rings. The molecule has 0 unspecified atom stereocenters. The number of carbonyl (C=O) groups is 1. The quantitative estimate of drug-likeness (QED) is 0.791. The summed E-state index contributed by atoms with van der Waals surface area (Å²) in [5, 5.41) is 13.3. The minimum Gasteiger partial charge on any atom is -0.380 e. The van der Waals surface area contributed by atoms with E-state index < -0.39 is 5.60 Å². The Bertz CT molecular complexity index is 543. The second kappa shape index (κ2) is 7.64. The molecule has 1 heterocycles. The van der Waals surface area contributed by atoms with Crippen LogP contribution in [0.15, 0.2) is 30.3 Å². The van der Waals surface area contributed by atoms with Gasteiger partial charge < -0.3 is 15.2 Å². The topological polar surface area (TPSA) is 61.8 Å². The van der Waals surface area contributed by atoms with E-state index in [1.807, 2.05) is 30.3 Å². The van der Waals surface area contributed by atoms with Gasteiger partial charge in [-0.05, 0) is 38.2 Å². The first-order valence-electron chi connectivity index (χ1n) is 8.95. The van der Waals surface area contributed by atoms with Crippen LogP contribution in [0.2, 0.25) is 0 Å². The lowest BCUT2D eigenvalue weighted by Gasteiger charge is -2.33. The Kier molecular flexibility index (Phi) is 5.54. The van der Waals surface area contributed by atoms with Crippen LogP contribution in [0.3, 0.4) is 0 Å². The van der Waals surface area contributed by atoms with E-state index >= 15 is 0 Å². The lowest BCUT2D eigenvalue weighted by atomic mass is 9.96. The van der Waals surface area contributed by atoms with Gasteiger partial charge in [0.25, 0.3) is 5.91 Å². The van der Waals surface area contributed by atoms with Crippen LogP contribution >= 0.6 is 0 Å². The zero-order chi connectivity index (χ0) is 17.0. The first kappa shape index (κ1) is 17.4. The number of aliphatic hydroxyl groups is 1. The molecular formula is C19H28N2O3. The largest absolute Gasteiger partial charge is 0.380 e. The molecule has 1 aromatic carbocycles. The molecule has 3 rings (SSSR count). The molecule has 132 valence electrons. The van der Waals surface area contributed by atoms with Crippen LogP contribution in [0.25, 0.3) is 0 Å². The van der Waals surface area contributed by atoms with E-state index in [4.69, 9.17) is 4.74 Å². The van der Waals surface area contributed by atoms with Crippen LogP contribution in [0, 0.1) is 0 Å². The van der Waals surface area contributed by atoms with Crippen LogP contribution < -0.4 is 5.32 Å². The van der Waals surface area contributed by atoms with Gasteiger partial charge in [0.15, 0.2) is 0 Å². The van der Waals surface area contributed by atoms with Gasteiger partial charge in [-0.25, -0.2) is 0 Å². The molecule has 24 heavy (non-hydrogen) atoms. The number of aryl methyl sites for hydroxylation is 1. The summed E-state index contributed by atoms with van der Waals surface area (Å²) in [6.45, 7) is 4.63. The normalized spacial score (nSPS) is 24.3. The average molecular weight is 332 g/mol. The van der Waals surface area contributed by atoms with Crippen molar-refractivity contribution in [2.45, 2.75) is 50.4 Å². The minimum absolute atomic E-state index is 0.0215. The molecule has 2 N–H and O–H groups in total. The number of ether oxygens (including phenoxy) is 1. The molecule has 1 aliphatic carbocycles. The Morgan fingerprint density at radius 1 is 1.38 bits per heavy atom. The average Bonchev–Trinajstić information content (AvgIpc) is 3.44. The number of rotatable bonds is 7. The van der Waals surface area contributed by atoms with Gasteiger partial charge in [0.05, 0.1) is 12.7 Å². The summed E-state index contributed by atoms with van der Waals surface area (Å²) in [5.41, 5.74) is -0.234. The molecule has 5 nitrogen and oxygen atoms in total. The first-order chi connectivity index (χ1) is 11.5. The fourth-order valence-corrected chi connectivity index (χ4v) is 3.18. The van der Waals surface area contributed by atoms with Gasteiger partial charge in [-0.2, -0.15) is 0 Å². The summed E-state index contributed by atoms with van der Waals surface area (Å²) < 4.78 is 5.74. The number of morpholine rings is 1. The van der Waals surface area contributed by atoms with Crippen molar-refractivity contribution in [3.8, 4) is 0 Å². The van der Waals surface area contributed by atoms with Crippen molar-refractivity contribution in [2.75, 3.05) is 26.2 Å². The molecule has 0 spiro atoms. The van der Waals surface area contributed by atoms with Crippen LogP contribution in [-0.2, 0) is 16.0 Å². The van der Waals surface area contributed by atoms with Gasteiger partial charge in [-0.1, -0.05) is 30.3 Å². The van der Waals surface area contributed by atoms with Crippen LogP contribution in [0.4, 0.5) is 0 Å². The molecule has 5 heteroatoms. The highest BCUT2D eigenvalue weighted by Crippen LogP contribution is 2.28. The SMILES string of the molecule is C[C@](O)(CCc1ccccc1)C(=O)NC[C@H]1CN(C2CC2)CCO1. The lowest BCUT2D eigenvalue weighted by molar-refractivity contribution is -0.139. The molecular weight excluding hydrogens is 304 g/mol. The number of hydrogen-bond donors (Lipinski definition) is 2. The summed E-state index contributed by atoms with van der Waals surface area (Å²) in [6.07, 6.45) is 3.67. The highest BCUT2D eigenvalue weighted by molar-refractivity contribution is 5.84. The molecule has 0 bridgehead atoms. The zero-order valence-corrected chi connectivity index (χ0v) is 14.4. The number of amides is 1. The maximum atomic E-state index is 12.3. The summed E-state index contributed by atoms with van der Waals surface area (Å²) >= 11 is 0. The zero-order valence-electron chi connectivity index (χ0n) is 14.4. The van der Waals surface area contributed by atoms with E-state index in [2.05, 4.69) is 10.2 Å². The molecule has 0 aromatic heterocycles. The maximum Gasteiger partial charge on any atom is 0.251 e. The summed E-state index contributed by atoms with van der Waals surface area (Å²) in [4.78, 5) is 14.8. The van der Waals surface area contributed by atoms with Crippen molar-refractivity contribution in [3.63, 3.8) is 0 Å². The van der Waals surface area contributed by atoms with Gasteiger partial charge in [0.2, 0.25) is 0 Å². The van der Waals surface area contributed by atoms with E-state index in [9.17, 15) is 9.90 Å². The van der Waals surface area contributed by atoms with Crippen molar-refractivity contribution in [3.05, 3.63) is 35.9 Å². The maximum absolute atomic E-state index is 12.3. The van der Waals surface area contributed by atoms with Gasteiger partial charge >= 0.3 is 0 Å². The Balaban J connectivity index is 1.42. The predicted molar refractivity (Wildman–Crippen MR) is 92.7 cm³/mol. The first-order valence-corrected chi connectivity index (χ1v) is 8.95. The lowest BCUT2D eigenvalue weighted by Crippen LogP contribution is -2.51. The van der Waals surface area contributed by atoms with Crippen molar-refractivity contribution < 1.29 is 14.6 Å². The molecule has 1 aliphatic heterocycles. The molecule has 0 radical (unpaired) electrons. The van der Waals surface area contributed by atoms with Crippen LogP contribution in [0.5, 0.6) is 0 Å². The van der Waals surface area contributed by atoms with Gasteiger partial charge in [0.1, 0.15) is 5.60 Å². The van der Waals surface area contributed by atoms with E-state index in [0.717, 1.165) is 31.3 Å². The van der Waals surface area contributed by atoms with E-state index in [1.165, 1.54) is 12.8 Å². The van der Waals surface area contributed by atoms with Gasteiger partial charge in [0, 0.05) is 25.7 Å². The number of hydrogen-bond acceptors (Lipinski definition) is 4. The van der Waals surface area contributed by atoms with Crippen LogP contribution in [-0.4, -0.2) is 59.9 Å². The van der Waals surface area contributed by atoms with Crippen molar-refractivity contribution in [1.82, 2.24) is 10.2 Å². The smallest absolute Gasteiger partial charge is 0.251 e. The third-order valence-corrected chi connectivity index (χ3v) is 4.96. The molecule has 1 saturated carbocycles. The highest BCUT2D eigenvalue weighted by atomic mass is 16.5. The van der Waals surface area contributed by atoms with E-state index in [0.29, 0.717) is 19.4 Å². The summed E-state index contributed by atoms with van der Waals surface area (Å²) in [6, 6.07) is 10.6. The molecule has 1 amide bonds. The summed E-state index contributed by atoms with van der Waals surface area (Å²) in [7, 11) is 0. The number of nitrogens with zero attached hydrogens (tertiary/aromatic N) is 1. The number of benzene rings is 1. The fraction of sp³-hybridized carbons (Fsp3) is 0.632. The molecule has 1 aromatic rings. The standard InChI is InChI=1S/C19H28N2O3/c1-19(23,10-9-15-5-3-2-4-6-15)18(22)20-13-17-14-21(11-12-24-17)16-7-8-16/h2-6,16-17,23H,7-14H2,1H3,(H,20,22)/t17-,19-/m0/s1. The van der Waals surface area contributed by atoms with E-state index in [-0.39, 0.29) is 12.0 Å². The Morgan fingerprint density at radius 2 is 2.12 bits per heavy atom. The van der Waals surface area contributed by atoms with Gasteiger partial charge in [-0.3, -0.25) is 9.69 Å². The number of carbonyl (C=O) groups excluding carboxylic acids is 1. The second-order valence-electron chi connectivity index (χ2n) is 7.19. The molecule has 2 atom stereocenters. The summed E-state index contributed by atoms with van der Waals surface area (Å²) in [5.74, 6) is -0.314. The Labute approximate surface area is 144 Å². The molecule has 1 saturated heterocycles. The van der Waals surface area contributed by atoms with Crippen LogP contribution in [0.1, 0.15) is 31.7 Å². The Morgan fingerprint density at radius 3 is 2.83 bits per heavy atom. The van der Waals surface area contributed by atoms with Crippen molar-refractivity contribution in [2.24, 2.45) is 0 Å². The van der Waals surface area contributed by atoms with Crippen molar-refractivity contribution in [1.29, 1.82) is 0 Å². The fourth-order valence-electron chi connectivity index (χ4n) is 3.18. The highest BCUT2D eigenvalue weighted by Gasteiger charge is 2.34.